The monoisotopic (exact) mass is 554 g/mol. The van der Waals surface area contributed by atoms with Crippen molar-refractivity contribution in [3.8, 4) is 0 Å². The maximum absolute atomic E-state index is 13.4. The number of anilines is 1. The van der Waals surface area contributed by atoms with Gasteiger partial charge in [-0.1, -0.05) is 0 Å². The zero-order valence-corrected chi connectivity index (χ0v) is 22.0. The largest absolute Gasteiger partial charge is 0.463 e. The number of ether oxygens (including phenoxy) is 4. The minimum absolute atomic E-state index is 0.0441. The Morgan fingerprint density at radius 1 is 1.13 bits per heavy atom. The van der Waals surface area contributed by atoms with E-state index in [9.17, 15) is 32.4 Å². The zero-order valence-electron chi connectivity index (χ0n) is 21.2. The first-order valence-electron chi connectivity index (χ1n) is 11.3. The molecule has 1 fully saturated rings. The minimum Gasteiger partial charge on any atom is -0.463 e. The van der Waals surface area contributed by atoms with Crippen LogP contribution in [0.3, 0.4) is 0 Å². The van der Waals surface area contributed by atoms with E-state index in [0.717, 1.165) is 30.9 Å². The van der Waals surface area contributed by atoms with E-state index in [-0.39, 0.29) is 25.3 Å². The van der Waals surface area contributed by atoms with Crippen molar-refractivity contribution in [2.24, 2.45) is 0 Å². The summed E-state index contributed by atoms with van der Waals surface area (Å²) in [4.78, 5) is 69.0. The Bertz CT molecular complexity index is 1470. The maximum Gasteiger partial charge on any atom is 0.343 e. The first kappa shape index (κ1) is 28.6. The number of nitrogens with one attached hydrogen (secondary N) is 1. The maximum atomic E-state index is 13.4. The van der Waals surface area contributed by atoms with Gasteiger partial charge >= 0.3 is 17.9 Å². The van der Waals surface area contributed by atoms with Crippen LogP contribution in [0.1, 0.15) is 50.7 Å². The summed E-state index contributed by atoms with van der Waals surface area (Å²) in [6, 6.07) is 0. The molecule has 0 aliphatic carbocycles. The van der Waals surface area contributed by atoms with Gasteiger partial charge in [-0.15, -0.1) is 0 Å². The van der Waals surface area contributed by atoms with E-state index in [1.165, 1.54) is 13.8 Å². The van der Waals surface area contributed by atoms with E-state index in [1.54, 1.807) is 0 Å². The number of esters is 3. The van der Waals surface area contributed by atoms with Crippen LogP contribution in [-0.4, -0.2) is 78.4 Å². The lowest BCUT2D eigenvalue weighted by atomic mass is 10.1. The van der Waals surface area contributed by atoms with Crippen molar-refractivity contribution in [3.63, 3.8) is 0 Å². The van der Waals surface area contributed by atoms with E-state index in [2.05, 4.69) is 15.3 Å². The lowest BCUT2D eigenvalue weighted by Crippen LogP contribution is -2.30. The number of hydrogen-bond acceptors (Lipinski definition) is 13. The minimum atomic E-state index is -4.07. The van der Waals surface area contributed by atoms with Crippen LogP contribution < -0.4 is 10.7 Å². The summed E-state index contributed by atoms with van der Waals surface area (Å²) < 4.78 is 47.2. The highest BCUT2D eigenvalue weighted by molar-refractivity contribution is 7.90. The van der Waals surface area contributed by atoms with Gasteiger partial charge in [-0.2, -0.15) is 9.97 Å². The summed E-state index contributed by atoms with van der Waals surface area (Å²) in [5, 5.41) is 1.16. The second-order valence-electron chi connectivity index (χ2n) is 8.34. The van der Waals surface area contributed by atoms with Crippen LogP contribution >= 0.6 is 0 Å². The van der Waals surface area contributed by atoms with E-state index in [0.29, 0.717) is 0 Å². The third-order valence-corrected chi connectivity index (χ3v) is 6.03. The lowest BCUT2D eigenvalue weighted by molar-refractivity contribution is -0.152. The fraction of sp³-hybridized carbons (Fsp3) is 0.500. The molecule has 38 heavy (non-hydrogen) atoms. The van der Waals surface area contributed by atoms with Crippen LogP contribution in [0.4, 0.5) is 5.82 Å². The van der Waals surface area contributed by atoms with Crippen molar-refractivity contribution in [3.05, 3.63) is 22.0 Å². The second-order valence-corrected chi connectivity index (χ2v) is 10.3. The molecule has 16 heteroatoms. The molecule has 2 aromatic rings. The number of fused-ring (bicyclic) bond motifs is 1. The van der Waals surface area contributed by atoms with Gasteiger partial charge in [0.05, 0.1) is 12.7 Å². The molecule has 2 aromatic heterocycles. The normalized spacial score (nSPS) is 19.1. The molecule has 3 rings (SSSR count). The summed E-state index contributed by atoms with van der Waals surface area (Å²) in [5.74, 6) is -3.43. The third-order valence-electron chi connectivity index (χ3n) is 5.18. The number of hydrogen-bond donors (Lipinski definition) is 1. The number of aromatic nitrogens is 3. The Hall–Kier alpha value is -3.92. The molecular weight excluding hydrogens is 528 g/mol. The fourth-order valence-corrected chi connectivity index (χ4v) is 4.30. The van der Waals surface area contributed by atoms with Crippen molar-refractivity contribution in [1.29, 1.82) is 0 Å². The topological polar surface area (TPSA) is 199 Å². The van der Waals surface area contributed by atoms with Gasteiger partial charge in [-0.3, -0.25) is 19.2 Å². The Balaban J connectivity index is 2.37. The molecule has 3 heterocycles. The molecule has 1 saturated heterocycles. The molecule has 1 aliphatic heterocycles. The molecule has 1 amide bonds. The summed E-state index contributed by atoms with van der Waals surface area (Å²) in [5.41, 5.74) is -1.79. The molecular formula is C22H26N4O11S. The molecule has 1 N–H and O–H groups in total. The third kappa shape index (κ3) is 6.31. The van der Waals surface area contributed by atoms with Gasteiger partial charge in [0.15, 0.2) is 17.7 Å². The SMILES string of the molecule is CCOC(=O)c1cn(C2O[C@H](COC(C)=O)C[C@H]2OC(C)=O)c2nc(S(C)(=O)=O)nc(NC(C)=O)c2c1=O. The highest BCUT2D eigenvalue weighted by atomic mass is 32.2. The predicted octanol–water partition coefficient (Wildman–Crippen LogP) is 0.112. The van der Waals surface area contributed by atoms with Gasteiger partial charge in [0.1, 0.15) is 23.7 Å². The molecule has 1 aliphatic rings. The average molecular weight is 555 g/mol. The Kier molecular flexibility index (Phi) is 8.46. The van der Waals surface area contributed by atoms with Gasteiger partial charge in [-0.05, 0) is 6.92 Å². The van der Waals surface area contributed by atoms with Crippen molar-refractivity contribution in [1.82, 2.24) is 14.5 Å². The summed E-state index contributed by atoms with van der Waals surface area (Å²) in [6.07, 6.45) is -1.17. The number of nitrogens with zero attached hydrogens (tertiary/aromatic N) is 3. The van der Waals surface area contributed by atoms with Gasteiger partial charge in [0.2, 0.25) is 21.2 Å². The van der Waals surface area contributed by atoms with Crippen molar-refractivity contribution in [2.75, 3.05) is 24.8 Å². The molecule has 0 saturated carbocycles. The average Bonchev–Trinajstić information content (AvgIpc) is 3.18. The van der Waals surface area contributed by atoms with Crippen molar-refractivity contribution in [2.45, 2.75) is 57.7 Å². The van der Waals surface area contributed by atoms with Gasteiger partial charge < -0.3 is 28.8 Å². The molecule has 206 valence electrons. The quantitative estimate of drug-likeness (QED) is 0.262. The zero-order chi connectivity index (χ0) is 28.4. The lowest BCUT2D eigenvalue weighted by Gasteiger charge is -2.24. The van der Waals surface area contributed by atoms with E-state index in [1.807, 2.05) is 0 Å². The molecule has 0 radical (unpaired) electrons. The first-order valence-corrected chi connectivity index (χ1v) is 13.2. The van der Waals surface area contributed by atoms with Gasteiger partial charge in [0, 0.05) is 39.6 Å². The molecule has 0 spiro atoms. The van der Waals surface area contributed by atoms with Crippen LogP contribution in [0.25, 0.3) is 11.0 Å². The molecule has 3 atom stereocenters. The standard InChI is InChI=1S/C22H26N4O11S/c1-6-34-21(31)14-8-26(20-15(36-12(4)29)7-13(37-20)9-35-11(3)28)19-16(17(14)30)18(23-10(2)27)24-22(25-19)38(5,32)33/h8,13,15,20H,6-7,9H2,1-5H3,(H,23,24,25,27)/t13-,15+,20?/m0/s1. The van der Waals surface area contributed by atoms with E-state index >= 15 is 0 Å². The number of sulfone groups is 1. The smallest absolute Gasteiger partial charge is 0.343 e. The Morgan fingerprint density at radius 2 is 1.82 bits per heavy atom. The summed E-state index contributed by atoms with van der Waals surface area (Å²) in [7, 11) is -4.07. The highest BCUT2D eigenvalue weighted by Crippen LogP contribution is 2.34. The van der Waals surface area contributed by atoms with Gasteiger partial charge in [0.25, 0.3) is 5.16 Å². The van der Waals surface area contributed by atoms with Gasteiger partial charge in [-0.25, -0.2) is 13.2 Å². The number of rotatable bonds is 8. The number of pyridine rings is 1. The van der Waals surface area contributed by atoms with Crippen molar-refractivity contribution >= 4 is 50.5 Å². The molecule has 15 nitrogen and oxygen atoms in total. The van der Waals surface area contributed by atoms with E-state index < -0.39 is 79.4 Å². The van der Waals surface area contributed by atoms with Crippen LogP contribution in [0.2, 0.25) is 0 Å². The second kappa shape index (κ2) is 11.2. The Labute approximate surface area is 216 Å². The summed E-state index contributed by atoms with van der Waals surface area (Å²) >= 11 is 0. The predicted molar refractivity (Wildman–Crippen MR) is 128 cm³/mol. The first-order chi connectivity index (χ1) is 17.7. The van der Waals surface area contributed by atoms with Crippen LogP contribution in [-0.2, 0) is 43.2 Å². The highest BCUT2D eigenvalue weighted by Gasteiger charge is 2.41. The molecule has 0 aromatic carbocycles. The van der Waals surface area contributed by atoms with Crippen LogP contribution in [0.5, 0.6) is 0 Å². The fourth-order valence-electron chi connectivity index (χ4n) is 3.79. The molecule has 1 unspecified atom stereocenters. The molecule has 0 bridgehead atoms. The van der Waals surface area contributed by atoms with Crippen LogP contribution in [0.15, 0.2) is 16.1 Å². The number of carbonyl (C=O) groups is 4. The number of carbonyl (C=O) groups excluding carboxylic acids is 4. The van der Waals surface area contributed by atoms with Crippen LogP contribution in [0, 0.1) is 0 Å². The Morgan fingerprint density at radius 3 is 2.37 bits per heavy atom. The van der Waals surface area contributed by atoms with Crippen molar-refractivity contribution < 1.29 is 46.5 Å². The van der Waals surface area contributed by atoms with E-state index in [4.69, 9.17) is 18.9 Å². The summed E-state index contributed by atoms with van der Waals surface area (Å²) in [6.45, 7) is 4.72. The number of amides is 1.